The van der Waals surface area contributed by atoms with Gasteiger partial charge in [0.1, 0.15) is 5.58 Å². The maximum atomic E-state index is 11.6. The van der Waals surface area contributed by atoms with E-state index in [1.807, 2.05) is 0 Å². The van der Waals surface area contributed by atoms with Crippen molar-refractivity contribution in [2.45, 2.75) is 5.75 Å². The quantitative estimate of drug-likeness (QED) is 0.392. The number of aliphatic carboxylic acids is 1. The molecule has 1 aliphatic heterocycles. The Hall–Kier alpha value is -2.67. The van der Waals surface area contributed by atoms with Crippen molar-refractivity contribution < 1.29 is 24.5 Å². The van der Waals surface area contributed by atoms with Gasteiger partial charge in [0.25, 0.3) is 0 Å². The summed E-state index contributed by atoms with van der Waals surface area (Å²) in [5, 5.41) is 30.6. The van der Waals surface area contributed by atoms with Gasteiger partial charge in [-0.05, 0) is 23.1 Å². The Bertz CT molecular complexity index is 893. The molecule has 0 spiro atoms. The number of phenols is 2. The second-order valence-corrected chi connectivity index (χ2v) is 6.79. The van der Waals surface area contributed by atoms with E-state index < -0.39 is 22.5 Å². The van der Waals surface area contributed by atoms with Gasteiger partial charge in [0.05, 0.1) is 4.91 Å². The zero-order valence-corrected chi connectivity index (χ0v) is 12.1. The Morgan fingerprint density at radius 1 is 1.18 bits per heavy atom. The Morgan fingerprint density at radius 2 is 1.91 bits per heavy atom. The molecule has 2 aromatic rings. The zero-order valence-electron chi connectivity index (χ0n) is 11.2. The van der Waals surface area contributed by atoms with Crippen LogP contribution in [0.2, 0.25) is 0 Å². The van der Waals surface area contributed by atoms with Gasteiger partial charge in [0.2, 0.25) is 0 Å². The van der Waals surface area contributed by atoms with Crippen molar-refractivity contribution in [1.29, 1.82) is 0 Å². The minimum absolute atomic E-state index is 0.150. The second kappa shape index (κ2) is 5.27. The van der Waals surface area contributed by atoms with E-state index in [-0.39, 0.29) is 17.1 Å². The molecule has 0 amide bonds. The molecule has 0 saturated heterocycles. The van der Waals surface area contributed by atoms with E-state index in [0.29, 0.717) is 21.6 Å². The Labute approximate surface area is 127 Å². The van der Waals surface area contributed by atoms with Gasteiger partial charge in [-0.15, -0.1) is 0 Å². The highest BCUT2D eigenvalue weighted by Crippen LogP contribution is 2.45. The summed E-state index contributed by atoms with van der Waals surface area (Å²) < 4.78 is 5.01. The van der Waals surface area contributed by atoms with Crippen LogP contribution in [-0.2, 0) is 10.5 Å². The molecule has 0 fully saturated rings. The number of carbonyl (C=O) groups is 1. The number of carboxylic acid groups (broad SMARTS) is 1. The maximum absolute atomic E-state index is 11.6. The van der Waals surface area contributed by atoms with Gasteiger partial charge in [-0.1, -0.05) is 6.08 Å². The predicted molar refractivity (Wildman–Crippen MR) is 83.4 cm³/mol. The van der Waals surface area contributed by atoms with Crippen LogP contribution in [-0.4, -0.2) is 21.3 Å². The summed E-state index contributed by atoms with van der Waals surface area (Å²) in [6.07, 6.45) is 3.23. The van der Waals surface area contributed by atoms with Crippen molar-refractivity contribution in [2.75, 3.05) is 0 Å². The normalized spacial score (nSPS) is 18.5. The third kappa shape index (κ3) is 2.46. The van der Waals surface area contributed by atoms with Gasteiger partial charge < -0.3 is 19.7 Å². The van der Waals surface area contributed by atoms with E-state index in [0.717, 1.165) is 0 Å². The molecule has 3 rings (SSSR count). The minimum atomic E-state index is -1.07. The first-order chi connectivity index (χ1) is 10.5. The molecule has 1 unspecified atom stereocenters. The fourth-order valence-corrected chi connectivity index (χ4v) is 4.19. The Morgan fingerprint density at radius 3 is 2.64 bits per heavy atom. The number of benzene rings is 1. The van der Waals surface area contributed by atoms with Gasteiger partial charge in [-0.3, -0.25) is 0 Å². The molecular formula is C15H12O6S. The van der Waals surface area contributed by atoms with Crippen molar-refractivity contribution >= 4 is 27.8 Å². The van der Waals surface area contributed by atoms with Crippen molar-refractivity contribution in [2.24, 2.45) is 0 Å². The highest BCUT2D eigenvalue weighted by molar-refractivity contribution is 8.23. The van der Waals surface area contributed by atoms with Crippen molar-refractivity contribution in [1.82, 2.24) is 0 Å². The molecule has 0 saturated carbocycles. The van der Waals surface area contributed by atoms with Gasteiger partial charge in [0, 0.05) is 23.3 Å². The van der Waals surface area contributed by atoms with Crippen molar-refractivity contribution in [3.05, 3.63) is 56.6 Å². The lowest BCUT2D eigenvalue weighted by Crippen LogP contribution is -2.03. The van der Waals surface area contributed by atoms with Crippen molar-refractivity contribution in [3.63, 3.8) is 0 Å². The highest BCUT2D eigenvalue weighted by atomic mass is 32.2. The van der Waals surface area contributed by atoms with E-state index in [2.05, 4.69) is 0 Å². The topological polar surface area (TPSA) is 108 Å². The van der Waals surface area contributed by atoms with Gasteiger partial charge in [0.15, 0.2) is 11.5 Å². The summed E-state index contributed by atoms with van der Waals surface area (Å²) in [5.41, 5.74) is 0.134. The first-order valence-corrected chi connectivity index (χ1v) is 7.92. The summed E-state index contributed by atoms with van der Waals surface area (Å²) in [6, 6.07) is 3.76. The summed E-state index contributed by atoms with van der Waals surface area (Å²) in [5.74, 6) is -1.35. The van der Waals surface area contributed by atoms with Crippen LogP contribution in [0.5, 0.6) is 11.5 Å². The molecule has 3 N–H and O–H groups in total. The van der Waals surface area contributed by atoms with Crippen LogP contribution in [0.15, 0.2) is 49.9 Å². The van der Waals surface area contributed by atoms with Gasteiger partial charge >= 0.3 is 11.6 Å². The third-order valence-electron chi connectivity index (χ3n) is 3.31. The van der Waals surface area contributed by atoms with E-state index in [1.54, 1.807) is 17.6 Å². The second-order valence-electron chi connectivity index (χ2n) is 4.75. The summed E-state index contributed by atoms with van der Waals surface area (Å²) in [4.78, 5) is 23.1. The first-order valence-electron chi connectivity index (χ1n) is 6.33. The van der Waals surface area contributed by atoms with Crippen LogP contribution in [0.1, 0.15) is 5.56 Å². The number of phenolic OH excluding ortho intramolecular Hbond substituents is 2. The Balaban J connectivity index is 2.09. The molecule has 22 heavy (non-hydrogen) atoms. The first kappa shape index (κ1) is 14.3. The molecule has 1 aromatic carbocycles. The van der Waals surface area contributed by atoms with Crippen molar-refractivity contribution in [3.8, 4) is 11.5 Å². The standard InChI is InChI=1S/C15H12O6S/c16-10-5-9-8(4-14(18)21-12(9)6-11(10)17)7-22-3-1-2-13(22)15(19)20/h1-6,16-17,22H,7H2,(H,19,20). The number of thiol groups is 1. The summed E-state index contributed by atoms with van der Waals surface area (Å²) in [7, 11) is -1.07. The molecule has 6 nitrogen and oxygen atoms in total. The number of allylic oxidation sites excluding steroid dienone is 2. The molecule has 0 radical (unpaired) electrons. The average Bonchev–Trinajstić information content (AvgIpc) is 2.89. The van der Waals surface area contributed by atoms with E-state index in [9.17, 15) is 19.8 Å². The van der Waals surface area contributed by atoms with Crippen LogP contribution in [0.3, 0.4) is 0 Å². The summed E-state index contributed by atoms with van der Waals surface area (Å²) >= 11 is 0. The molecule has 1 aliphatic rings. The molecular weight excluding hydrogens is 308 g/mol. The van der Waals surface area contributed by atoms with Gasteiger partial charge in [-0.2, -0.15) is 10.9 Å². The summed E-state index contributed by atoms with van der Waals surface area (Å²) in [6.45, 7) is 0. The van der Waals surface area contributed by atoms with Crippen LogP contribution in [0.4, 0.5) is 0 Å². The van der Waals surface area contributed by atoms with Crippen LogP contribution >= 0.6 is 10.9 Å². The molecule has 114 valence electrons. The van der Waals surface area contributed by atoms with Crippen LogP contribution in [0.25, 0.3) is 11.0 Å². The number of hydrogen-bond acceptors (Lipinski definition) is 5. The minimum Gasteiger partial charge on any atom is -0.504 e. The lowest BCUT2D eigenvalue weighted by atomic mass is 10.1. The number of hydrogen-bond donors (Lipinski definition) is 4. The smallest absolute Gasteiger partial charge is 0.340 e. The molecule has 1 atom stereocenters. The molecule has 7 heteroatoms. The van der Waals surface area contributed by atoms with E-state index in [1.165, 1.54) is 18.2 Å². The fourth-order valence-electron chi connectivity index (χ4n) is 2.31. The highest BCUT2D eigenvalue weighted by Gasteiger charge is 2.20. The maximum Gasteiger partial charge on any atom is 0.340 e. The van der Waals surface area contributed by atoms with E-state index in [4.69, 9.17) is 9.52 Å². The fraction of sp³-hybridized carbons (Fsp3) is 0.0667. The number of fused-ring (bicyclic) bond motifs is 1. The number of carboxylic acids is 1. The lowest BCUT2D eigenvalue weighted by molar-refractivity contribution is -0.131. The molecule has 2 heterocycles. The Kier molecular flexibility index (Phi) is 3.42. The van der Waals surface area contributed by atoms with Gasteiger partial charge in [-0.25, -0.2) is 9.59 Å². The average molecular weight is 320 g/mol. The zero-order chi connectivity index (χ0) is 15.9. The molecule has 0 aliphatic carbocycles. The molecule has 1 aromatic heterocycles. The third-order valence-corrected chi connectivity index (χ3v) is 5.49. The number of rotatable bonds is 3. The lowest BCUT2D eigenvalue weighted by Gasteiger charge is -2.16. The largest absolute Gasteiger partial charge is 0.504 e. The van der Waals surface area contributed by atoms with Crippen LogP contribution in [0, 0.1) is 0 Å². The van der Waals surface area contributed by atoms with E-state index >= 15 is 0 Å². The van der Waals surface area contributed by atoms with Crippen LogP contribution < -0.4 is 5.63 Å². The SMILES string of the molecule is O=C(O)C1=CC=C[SH]1Cc1cc(=O)oc2cc(O)c(O)cc12. The number of aromatic hydroxyl groups is 2. The monoisotopic (exact) mass is 320 g/mol. The predicted octanol–water partition coefficient (Wildman–Crippen LogP) is 2.20. The molecule has 0 bridgehead atoms.